The molecule has 1 aromatic rings. The summed E-state index contributed by atoms with van der Waals surface area (Å²) in [5, 5.41) is 10.9. The van der Waals surface area contributed by atoms with Gasteiger partial charge in [-0.25, -0.2) is 9.59 Å². The number of hydrogen-bond donors (Lipinski definition) is 2. The van der Waals surface area contributed by atoms with Crippen molar-refractivity contribution >= 4 is 12.1 Å². The molecule has 1 heterocycles. The van der Waals surface area contributed by atoms with Gasteiger partial charge in [-0.1, -0.05) is 64.2 Å². The van der Waals surface area contributed by atoms with Gasteiger partial charge in [-0.15, -0.1) is 0 Å². The molecule has 168 valence electrons. The maximum Gasteiger partial charge on any atom is 0.404 e. The number of amides is 1. The number of carboxylic acid groups (broad SMARTS) is 1. The van der Waals surface area contributed by atoms with Crippen molar-refractivity contribution in [1.29, 1.82) is 0 Å². The van der Waals surface area contributed by atoms with E-state index in [-0.39, 0.29) is 12.8 Å². The van der Waals surface area contributed by atoms with Crippen molar-refractivity contribution < 1.29 is 28.9 Å². The van der Waals surface area contributed by atoms with Crippen LogP contribution in [-0.2, 0) is 4.74 Å². The quantitative estimate of drug-likeness (QED) is 0.270. The molecule has 7 heteroatoms. The molecule has 0 aromatic heterocycles. The zero-order valence-corrected chi connectivity index (χ0v) is 17.8. The third kappa shape index (κ3) is 9.85. The number of benzene rings is 1. The molecule has 7 nitrogen and oxygen atoms in total. The maximum absolute atomic E-state index is 12.1. The predicted octanol–water partition coefficient (Wildman–Crippen LogP) is 5.52. The molecule has 1 aliphatic rings. The molecule has 0 radical (unpaired) electrons. The van der Waals surface area contributed by atoms with E-state index >= 15 is 0 Å². The van der Waals surface area contributed by atoms with Crippen molar-refractivity contribution in [3.05, 3.63) is 23.8 Å². The minimum absolute atomic E-state index is 0.196. The average Bonchev–Trinajstić information content (AvgIpc) is 3.21. The van der Waals surface area contributed by atoms with Gasteiger partial charge < -0.3 is 24.6 Å². The molecule has 0 atom stereocenters. The van der Waals surface area contributed by atoms with E-state index in [0.29, 0.717) is 30.2 Å². The van der Waals surface area contributed by atoms with Gasteiger partial charge in [-0.2, -0.15) is 0 Å². The van der Waals surface area contributed by atoms with E-state index in [1.54, 1.807) is 18.2 Å². The highest BCUT2D eigenvalue weighted by Crippen LogP contribution is 2.32. The smallest absolute Gasteiger partial charge is 0.404 e. The molecule has 0 saturated carbocycles. The molecule has 0 aliphatic carbocycles. The van der Waals surface area contributed by atoms with Crippen LogP contribution in [-0.4, -0.2) is 37.1 Å². The number of esters is 1. The molecular formula is C23H35NO6. The van der Waals surface area contributed by atoms with E-state index in [1.807, 2.05) is 0 Å². The number of carbonyl (C=O) groups is 2. The van der Waals surface area contributed by atoms with Crippen LogP contribution in [0.5, 0.6) is 11.5 Å². The Balaban J connectivity index is 1.34. The molecule has 0 unspecified atom stereocenters. The van der Waals surface area contributed by atoms with E-state index in [2.05, 4.69) is 5.32 Å². The first kappa shape index (κ1) is 23.8. The van der Waals surface area contributed by atoms with Crippen molar-refractivity contribution in [2.24, 2.45) is 0 Å². The summed E-state index contributed by atoms with van der Waals surface area (Å²) < 4.78 is 15.9. The van der Waals surface area contributed by atoms with Crippen molar-refractivity contribution in [3.8, 4) is 11.5 Å². The van der Waals surface area contributed by atoms with Crippen molar-refractivity contribution in [2.45, 2.75) is 77.0 Å². The van der Waals surface area contributed by atoms with Gasteiger partial charge >= 0.3 is 12.1 Å². The lowest BCUT2D eigenvalue weighted by atomic mass is 10.1. The Bertz CT molecular complexity index is 649. The number of nitrogens with one attached hydrogen (secondary N) is 1. The van der Waals surface area contributed by atoms with Gasteiger partial charge in [0, 0.05) is 6.54 Å². The Morgan fingerprint density at radius 3 is 2.03 bits per heavy atom. The third-order valence-corrected chi connectivity index (χ3v) is 5.19. The third-order valence-electron chi connectivity index (χ3n) is 5.19. The first-order valence-electron chi connectivity index (χ1n) is 11.2. The molecule has 1 amide bonds. The Kier molecular flexibility index (Phi) is 11.5. The van der Waals surface area contributed by atoms with Gasteiger partial charge in [0.25, 0.3) is 0 Å². The van der Waals surface area contributed by atoms with E-state index in [0.717, 1.165) is 25.7 Å². The Morgan fingerprint density at radius 2 is 1.40 bits per heavy atom. The Morgan fingerprint density at radius 1 is 0.833 bits per heavy atom. The highest BCUT2D eigenvalue weighted by Gasteiger charge is 2.16. The van der Waals surface area contributed by atoms with Crippen LogP contribution in [0.3, 0.4) is 0 Å². The van der Waals surface area contributed by atoms with Crippen LogP contribution in [0.2, 0.25) is 0 Å². The number of rotatable bonds is 16. The lowest BCUT2D eigenvalue weighted by Gasteiger charge is -2.06. The van der Waals surface area contributed by atoms with Gasteiger partial charge in [0.1, 0.15) is 0 Å². The van der Waals surface area contributed by atoms with Crippen LogP contribution in [0.4, 0.5) is 4.79 Å². The number of fused-ring (bicyclic) bond motifs is 1. The highest BCUT2D eigenvalue weighted by atomic mass is 16.7. The topological polar surface area (TPSA) is 94.1 Å². The molecule has 0 fully saturated rings. The fourth-order valence-corrected chi connectivity index (χ4v) is 3.46. The lowest BCUT2D eigenvalue weighted by molar-refractivity contribution is 0.0497. The summed E-state index contributed by atoms with van der Waals surface area (Å²) in [6.45, 7) is 1.21. The van der Waals surface area contributed by atoms with E-state index in [4.69, 9.17) is 19.3 Å². The molecule has 2 N–H and O–H groups in total. The van der Waals surface area contributed by atoms with Crippen LogP contribution in [0, 0.1) is 0 Å². The number of hydrogen-bond acceptors (Lipinski definition) is 5. The average molecular weight is 422 g/mol. The van der Waals surface area contributed by atoms with E-state index in [9.17, 15) is 9.59 Å². The minimum atomic E-state index is -0.933. The van der Waals surface area contributed by atoms with E-state index in [1.165, 1.54) is 51.4 Å². The molecule has 1 aliphatic heterocycles. The molecule has 0 saturated heterocycles. The van der Waals surface area contributed by atoms with Crippen LogP contribution in [0.25, 0.3) is 0 Å². The van der Waals surface area contributed by atoms with Crippen LogP contribution >= 0.6 is 0 Å². The summed E-state index contributed by atoms with van der Waals surface area (Å²) in [5.74, 6) is 0.945. The Labute approximate surface area is 179 Å². The normalized spacial score (nSPS) is 12.0. The van der Waals surface area contributed by atoms with Crippen LogP contribution in [0.1, 0.15) is 87.4 Å². The largest absolute Gasteiger partial charge is 0.465 e. The Hall–Kier alpha value is -2.44. The fraction of sp³-hybridized carbons (Fsp3) is 0.652. The van der Waals surface area contributed by atoms with Crippen LogP contribution < -0.4 is 14.8 Å². The van der Waals surface area contributed by atoms with Gasteiger partial charge in [-0.3, -0.25) is 0 Å². The summed E-state index contributed by atoms with van der Waals surface area (Å²) in [6.07, 6.45) is 13.0. The van der Waals surface area contributed by atoms with Gasteiger partial charge in [0.2, 0.25) is 6.79 Å². The summed E-state index contributed by atoms with van der Waals surface area (Å²) in [7, 11) is 0. The monoisotopic (exact) mass is 421 g/mol. The van der Waals surface area contributed by atoms with E-state index < -0.39 is 6.09 Å². The zero-order valence-electron chi connectivity index (χ0n) is 17.8. The number of unbranched alkanes of at least 4 members (excludes halogenated alkanes) is 11. The summed E-state index contributed by atoms with van der Waals surface area (Å²) in [6, 6.07) is 5.10. The fourth-order valence-electron chi connectivity index (χ4n) is 3.46. The SMILES string of the molecule is O=C(O)NCCCCCCCCCCCCCCOC(=O)c1ccc2c(c1)OCO2. The highest BCUT2D eigenvalue weighted by molar-refractivity contribution is 5.90. The molecule has 30 heavy (non-hydrogen) atoms. The first-order valence-corrected chi connectivity index (χ1v) is 11.2. The second kappa shape index (κ2) is 14.5. The maximum atomic E-state index is 12.1. The summed E-state index contributed by atoms with van der Waals surface area (Å²) in [5.41, 5.74) is 0.496. The van der Waals surface area contributed by atoms with Crippen molar-refractivity contribution in [1.82, 2.24) is 5.32 Å². The van der Waals surface area contributed by atoms with Gasteiger partial charge in [-0.05, 0) is 31.0 Å². The van der Waals surface area contributed by atoms with Gasteiger partial charge in [0.05, 0.1) is 12.2 Å². The zero-order chi connectivity index (χ0) is 21.4. The number of carbonyl (C=O) groups excluding carboxylic acids is 1. The lowest BCUT2D eigenvalue weighted by Crippen LogP contribution is -2.21. The standard InChI is InChI=1S/C23H35NO6/c25-22(19-13-14-20-21(17-19)30-18-29-20)28-16-12-10-8-6-4-2-1-3-5-7-9-11-15-24-23(26)27/h13-14,17,24H,1-12,15-16,18H2,(H,26,27). The molecular weight excluding hydrogens is 386 g/mol. The van der Waals surface area contributed by atoms with Crippen molar-refractivity contribution in [2.75, 3.05) is 19.9 Å². The number of ether oxygens (including phenoxy) is 3. The molecule has 0 bridgehead atoms. The summed E-state index contributed by atoms with van der Waals surface area (Å²) >= 11 is 0. The molecule has 2 rings (SSSR count). The van der Waals surface area contributed by atoms with Crippen molar-refractivity contribution in [3.63, 3.8) is 0 Å². The predicted molar refractivity (Wildman–Crippen MR) is 114 cm³/mol. The summed E-state index contributed by atoms with van der Waals surface area (Å²) in [4.78, 5) is 22.4. The first-order chi connectivity index (χ1) is 14.7. The molecule has 1 aromatic carbocycles. The second-order valence-electron chi connectivity index (χ2n) is 7.68. The van der Waals surface area contributed by atoms with Gasteiger partial charge in [0.15, 0.2) is 11.5 Å². The molecule has 0 spiro atoms. The second-order valence-corrected chi connectivity index (χ2v) is 7.68. The minimum Gasteiger partial charge on any atom is -0.465 e. The van der Waals surface area contributed by atoms with Crippen LogP contribution in [0.15, 0.2) is 18.2 Å².